The third kappa shape index (κ3) is 4.99. The molecule has 0 radical (unpaired) electrons. The Morgan fingerprint density at radius 3 is 2.39 bits per heavy atom. The number of aryl methyl sites for hydroxylation is 1. The molecule has 0 spiro atoms. The van der Waals surface area contributed by atoms with Gasteiger partial charge in [-0.05, 0) is 60.8 Å². The van der Waals surface area contributed by atoms with Crippen LogP contribution in [0.25, 0.3) is 0 Å². The van der Waals surface area contributed by atoms with E-state index in [1.165, 1.54) is 11.6 Å². The highest BCUT2D eigenvalue weighted by molar-refractivity contribution is 9.10. The zero-order valence-electron chi connectivity index (χ0n) is 19.1. The second kappa shape index (κ2) is 10.1. The molecule has 0 saturated carbocycles. The maximum Gasteiger partial charge on any atom is 0.358 e. The molecule has 33 heavy (non-hydrogen) atoms. The summed E-state index contributed by atoms with van der Waals surface area (Å²) in [6, 6.07) is 7.21. The first-order chi connectivity index (χ1) is 15.6. The van der Waals surface area contributed by atoms with E-state index in [4.69, 9.17) is 16.3 Å². The van der Waals surface area contributed by atoms with E-state index >= 15 is 0 Å². The van der Waals surface area contributed by atoms with E-state index in [-0.39, 0.29) is 30.3 Å². The highest BCUT2D eigenvalue weighted by atomic mass is 79.9. The molecule has 0 aliphatic heterocycles. The number of esters is 1. The number of rotatable bonds is 7. The van der Waals surface area contributed by atoms with Gasteiger partial charge in [-0.15, -0.1) is 0 Å². The zero-order valence-corrected chi connectivity index (χ0v) is 21.5. The van der Waals surface area contributed by atoms with Crippen molar-refractivity contribution in [1.82, 2.24) is 18.7 Å². The Morgan fingerprint density at radius 2 is 1.82 bits per heavy atom. The summed E-state index contributed by atoms with van der Waals surface area (Å²) in [5.41, 5.74) is 1.28. The van der Waals surface area contributed by atoms with Crippen LogP contribution in [-0.4, -0.2) is 31.3 Å². The first-order valence-corrected chi connectivity index (χ1v) is 11.7. The van der Waals surface area contributed by atoms with Crippen LogP contribution in [0.4, 0.5) is 0 Å². The average Bonchev–Trinajstić information content (AvgIpc) is 3.12. The Bertz CT molecular complexity index is 1290. The van der Waals surface area contributed by atoms with Gasteiger partial charge in [0.1, 0.15) is 0 Å². The molecule has 2 aromatic heterocycles. The molecule has 1 unspecified atom stereocenters. The average molecular weight is 538 g/mol. The lowest BCUT2D eigenvalue weighted by atomic mass is 9.88. The number of aromatic nitrogens is 4. The van der Waals surface area contributed by atoms with Gasteiger partial charge < -0.3 is 13.9 Å². The molecule has 3 aromatic rings. The molecule has 0 saturated heterocycles. The second-order valence-corrected chi connectivity index (χ2v) is 9.16. The predicted molar refractivity (Wildman–Crippen MR) is 130 cm³/mol. The van der Waals surface area contributed by atoms with Crippen LogP contribution in [0.5, 0.6) is 0 Å². The Morgan fingerprint density at radius 1 is 1.18 bits per heavy atom. The van der Waals surface area contributed by atoms with Gasteiger partial charge in [-0.3, -0.25) is 9.36 Å². The van der Waals surface area contributed by atoms with Crippen LogP contribution < -0.4 is 11.2 Å². The molecule has 8 nitrogen and oxygen atoms in total. The van der Waals surface area contributed by atoms with Crippen molar-refractivity contribution in [3.8, 4) is 0 Å². The van der Waals surface area contributed by atoms with Gasteiger partial charge in [-0.25, -0.2) is 14.6 Å². The number of carbonyl (C=O) groups excluding carboxylic acids is 1. The zero-order chi connectivity index (χ0) is 24.4. The fraction of sp³-hybridized carbons (Fsp3) is 0.391. The minimum absolute atomic E-state index is 0.0391. The summed E-state index contributed by atoms with van der Waals surface area (Å²) >= 11 is 9.61. The lowest BCUT2D eigenvalue weighted by Crippen LogP contribution is -2.39. The van der Waals surface area contributed by atoms with Gasteiger partial charge in [-0.1, -0.05) is 23.7 Å². The van der Waals surface area contributed by atoms with Crippen molar-refractivity contribution < 1.29 is 9.53 Å². The van der Waals surface area contributed by atoms with E-state index in [9.17, 15) is 14.4 Å². The summed E-state index contributed by atoms with van der Waals surface area (Å²) in [6.45, 7) is 5.90. The monoisotopic (exact) mass is 536 g/mol. The molecule has 0 N–H and O–H groups in total. The van der Waals surface area contributed by atoms with Gasteiger partial charge in [-0.2, -0.15) is 0 Å². The highest BCUT2D eigenvalue weighted by Gasteiger charge is 2.31. The van der Waals surface area contributed by atoms with Crippen molar-refractivity contribution in [2.75, 3.05) is 6.61 Å². The largest absolute Gasteiger partial charge is 0.461 e. The molecule has 2 heterocycles. The topological polar surface area (TPSA) is 88.1 Å². The number of carbonyl (C=O) groups is 1. The van der Waals surface area contributed by atoms with Crippen LogP contribution in [-0.2, 0) is 25.3 Å². The standard InChI is InChI=1S/C23H26BrClN4O4/c1-6-33-21(31)18-19(29(13(2)3)22(24)26-18)17(14-7-9-16(25)10-8-14)11-15-12-27(4)23(32)28(5)20(15)30/h7-10,12-13,17H,6,11H2,1-5H3. The molecular formula is C23H26BrClN4O4. The maximum absolute atomic E-state index is 12.9. The van der Waals surface area contributed by atoms with Gasteiger partial charge >= 0.3 is 11.7 Å². The molecule has 0 aliphatic rings. The van der Waals surface area contributed by atoms with Crippen molar-refractivity contribution >= 4 is 33.5 Å². The molecule has 176 valence electrons. The second-order valence-electron chi connectivity index (χ2n) is 8.02. The lowest BCUT2D eigenvalue weighted by Gasteiger charge is -2.23. The highest BCUT2D eigenvalue weighted by Crippen LogP contribution is 2.35. The Balaban J connectivity index is 2.30. The van der Waals surface area contributed by atoms with Crippen molar-refractivity contribution in [2.45, 2.75) is 39.2 Å². The van der Waals surface area contributed by atoms with Crippen LogP contribution in [0.15, 0.2) is 44.8 Å². The fourth-order valence-corrected chi connectivity index (χ4v) is 4.81. The first kappa shape index (κ1) is 25.0. The van der Waals surface area contributed by atoms with Crippen LogP contribution >= 0.6 is 27.5 Å². The third-order valence-corrected chi connectivity index (χ3v) is 6.25. The number of hydrogen-bond donors (Lipinski definition) is 0. The van der Waals surface area contributed by atoms with E-state index in [2.05, 4.69) is 20.9 Å². The minimum atomic E-state index is -0.542. The van der Waals surface area contributed by atoms with Crippen molar-refractivity contribution in [1.29, 1.82) is 0 Å². The summed E-state index contributed by atoms with van der Waals surface area (Å²) in [7, 11) is 3.05. The summed E-state index contributed by atoms with van der Waals surface area (Å²) in [6.07, 6.45) is 1.78. The number of benzene rings is 1. The molecule has 3 rings (SSSR count). The Kier molecular flexibility index (Phi) is 7.64. The van der Waals surface area contributed by atoms with E-state index in [1.54, 1.807) is 32.3 Å². The first-order valence-electron chi connectivity index (χ1n) is 10.5. The molecule has 0 fully saturated rings. The summed E-state index contributed by atoms with van der Waals surface area (Å²) in [5, 5.41) is 0.569. The van der Waals surface area contributed by atoms with Gasteiger partial charge in [0.05, 0.1) is 12.3 Å². The van der Waals surface area contributed by atoms with Crippen LogP contribution in [0.2, 0.25) is 5.02 Å². The molecule has 0 bridgehead atoms. The number of halogens is 2. The number of hydrogen-bond acceptors (Lipinski definition) is 5. The van der Waals surface area contributed by atoms with Gasteiger partial charge in [0.2, 0.25) is 0 Å². The summed E-state index contributed by atoms with van der Waals surface area (Å²) < 4.78 is 10.1. The SMILES string of the molecule is CCOC(=O)c1nc(Br)n(C(C)C)c1C(Cc1cn(C)c(=O)n(C)c1=O)c1ccc(Cl)cc1. The Labute approximate surface area is 204 Å². The normalized spacial score (nSPS) is 12.2. The van der Waals surface area contributed by atoms with E-state index in [0.717, 1.165) is 10.1 Å². The van der Waals surface area contributed by atoms with Gasteiger partial charge in [0, 0.05) is 42.8 Å². The quantitative estimate of drug-likeness (QED) is 0.428. The van der Waals surface area contributed by atoms with Crippen LogP contribution in [0.1, 0.15) is 60.0 Å². The Hall–Kier alpha value is -2.65. The molecule has 1 atom stereocenters. The van der Waals surface area contributed by atoms with E-state index in [0.29, 0.717) is 21.0 Å². The molecule has 10 heteroatoms. The van der Waals surface area contributed by atoms with Crippen LogP contribution in [0, 0.1) is 0 Å². The molecular weight excluding hydrogens is 512 g/mol. The number of imidazole rings is 1. The van der Waals surface area contributed by atoms with Crippen molar-refractivity contribution in [3.05, 3.63) is 83.6 Å². The fourth-order valence-electron chi connectivity index (χ4n) is 3.90. The van der Waals surface area contributed by atoms with E-state index < -0.39 is 17.6 Å². The van der Waals surface area contributed by atoms with Crippen molar-refractivity contribution in [3.63, 3.8) is 0 Å². The predicted octanol–water partition coefficient (Wildman–Crippen LogP) is 3.83. The lowest BCUT2D eigenvalue weighted by molar-refractivity contribution is 0.0518. The molecule has 0 aliphatic carbocycles. The third-order valence-electron chi connectivity index (χ3n) is 5.43. The number of nitrogens with zero attached hydrogens (tertiary/aromatic N) is 4. The van der Waals surface area contributed by atoms with Crippen LogP contribution in [0.3, 0.4) is 0 Å². The molecule has 0 amide bonds. The van der Waals surface area contributed by atoms with Gasteiger partial charge in [0.15, 0.2) is 10.4 Å². The minimum Gasteiger partial charge on any atom is -0.461 e. The molecule has 1 aromatic carbocycles. The summed E-state index contributed by atoms with van der Waals surface area (Å²) in [5.74, 6) is -0.979. The smallest absolute Gasteiger partial charge is 0.358 e. The number of ether oxygens (including phenoxy) is 1. The maximum atomic E-state index is 12.9. The van der Waals surface area contributed by atoms with Crippen molar-refractivity contribution in [2.24, 2.45) is 14.1 Å². The van der Waals surface area contributed by atoms with E-state index in [1.807, 2.05) is 30.5 Å². The summed E-state index contributed by atoms with van der Waals surface area (Å²) in [4.78, 5) is 42.5. The van der Waals surface area contributed by atoms with Gasteiger partial charge in [0.25, 0.3) is 5.56 Å².